The van der Waals surface area contributed by atoms with Crippen molar-refractivity contribution in [2.75, 3.05) is 6.54 Å². The molecule has 0 aliphatic carbocycles. The lowest BCUT2D eigenvalue weighted by Crippen LogP contribution is -2.22. The standard InChI is InChI=1S/C14H17ClN2O/c1-3-16-12(13-6-7-14(15)18-13)8-11-5-4-10(2)9-17-11/h4-7,9,12,16H,3,8H2,1-2H3. The van der Waals surface area contributed by atoms with E-state index in [-0.39, 0.29) is 6.04 Å². The molecule has 1 unspecified atom stereocenters. The first-order valence-corrected chi connectivity index (χ1v) is 6.47. The molecule has 2 aromatic rings. The number of nitrogens with zero attached hydrogens (tertiary/aromatic N) is 1. The van der Waals surface area contributed by atoms with Gasteiger partial charge in [0, 0.05) is 18.3 Å². The second-order valence-electron chi connectivity index (χ2n) is 4.28. The number of aryl methyl sites for hydroxylation is 1. The van der Waals surface area contributed by atoms with Crippen LogP contribution in [0.5, 0.6) is 0 Å². The van der Waals surface area contributed by atoms with Gasteiger partial charge in [0.15, 0.2) is 5.22 Å². The minimum atomic E-state index is 0.109. The van der Waals surface area contributed by atoms with Crippen molar-refractivity contribution in [1.29, 1.82) is 0 Å². The van der Waals surface area contributed by atoms with Crippen LogP contribution in [0.1, 0.15) is 30.0 Å². The molecule has 0 spiro atoms. The molecule has 3 nitrogen and oxygen atoms in total. The second-order valence-corrected chi connectivity index (χ2v) is 4.66. The van der Waals surface area contributed by atoms with Crippen molar-refractivity contribution in [3.63, 3.8) is 0 Å². The molecule has 0 aliphatic heterocycles. The molecule has 0 aromatic carbocycles. The summed E-state index contributed by atoms with van der Waals surface area (Å²) in [6.07, 6.45) is 2.67. The van der Waals surface area contributed by atoms with Crippen molar-refractivity contribution < 1.29 is 4.42 Å². The van der Waals surface area contributed by atoms with Crippen molar-refractivity contribution in [1.82, 2.24) is 10.3 Å². The van der Waals surface area contributed by atoms with Gasteiger partial charge in [0.05, 0.1) is 6.04 Å². The number of pyridine rings is 1. The highest BCUT2D eigenvalue weighted by Crippen LogP contribution is 2.22. The van der Waals surface area contributed by atoms with Crippen molar-refractivity contribution in [2.24, 2.45) is 0 Å². The summed E-state index contributed by atoms with van der Waals surface area (Å²) >= 11 is 5.82. The van der Waals surface area contributed by atoms with Crippen LogP contribution < -0.4 is 5.32 Å². The van der Waals surface area contributed by atoms with Crippen molar-refractivity contribution >= 4 is 11.6 Å². The van der Waals surface area contributed by atoms with Crippen LogP contribution in [0, 0.1) is 6.92 Å². The Morgan fingerprint density at radius 1 is 1.33 bits per heavy atom. The van der Waals surface area contributed by atoms with Gasteiger partial charge in [-0.15, -0.1) is 0 Å². The molecule has 0 fully saturated rings. The Kier molecular flexibility index (Phi) is 4.39. The Hall–Kier alpha value is -1.32. The summed E-state index contributed by atoms with van der Waals surface area (Å²) in [6, 6.07) is 7.90. The molecular weight excluding hydrogens is 248 g/mol. The van der Waals surface area contributed by atoms with Crippen LogP contribution in [-0.2, 0) is 6.42 Å². The predicted molar refractivity (Wildman–Crippen MR) is 72.8 cm³/mol. The first-order valence-electron chi connectivity index (χ1n) is 6.09. The fourth-order valence-corrected chi connectivity index (χ4v) is 2.02. The summed E-state index contributed by atoms with van der Waals surface area (Å²) in [6.45, 7) is 4.97. The zero-order valence-corrected chi connectivity index (χ0v) is 11.4. The third kappa shape index (κ3) is 3.34. The van der Waals surface area contributed by atoms with Crippen LogP contribution in [0.3, 0.4) is 0 Å². The van der Waals surface area contributed by atoms with Gasteiger partial charge in [-0.05, 0) is 48.8 Å². The molecule has 4 heteroatoms. The van der Waals surface area contributed by atoms with Gasteiger partial charge in [0.1, 0.15) is 5.76 Å². The quantitative estimate of drug-likeness (QED) is 0.898. The van der Waals surface area contributed by atoms with Gasteiger partial charge in [-0.25, -0.2) is 0 Å². The zero-order valence-electron chi connectivity index (χ0n) is 10.6. The fourth-order valence-electron chi connectivity index (χ4n) is 1.86. The maximum Gasteiger partial charge on any atom is 0.193 e. The molecule has 2 aromatic heterocycles. The largest absolute Gasteiger partial charge is 0.448 e. The number of halogens is 1. The van der Waals surface area contributed by atoms with Crippen LogP contribution in [0.25, 0.3) is 0 Å². The summed E-state index contributed by atoms with van der Waals surface area (Å²) < 4.78 is 5.47. The Morgan fingerprint density at radius 3 is 2.72 bits per heavy atom. The second kappa shape index (κ2) is 6.03. The first-order chi connectivity index (χ1) is 8.69. The Balaban J connectivity index is 2.13. The molecule has 96 valence electrons. The summed E-state index contributed by atoms with van der Waals surface area (Å²) in [5.41, 5.74) is 2.21. The minimum Gasteiger partial charge on any atom is -0.448 e. The van der Waals surface area contributed by atoms with E-state index >= 15 is 0 Å². The van der Waals surface area contributed by atoms with Crippen LogP contribution in [0.4, 0.5) is 0 Å². The van der Waals surface area contributed by atoms with Gasteiger partial charge >= 0.3 is 0 Å². The topological polar surface area (TPSA) is 38.1 Å². The number of aromatic nitrogens is 1. The summed E-state index contributed by atoms with van der Waals surface area (Å²) in [4.78, 5) is 4.42. The Morgan fingerprint density at radius 2 is 2.17 bits per heavy atom. The minimum absolute atomic E-state index is 0.109. The highest BCUT2D eigenvalue weighted by molar-refractivity contribution is 6.28. The van der Waals surface area contributed by atoms with Crippen LogP contribution >= 0.6 is 11.6 Å². The van der Waals surface area contributed by atoms with E-state index in [4.69, 9.17) is 16.0 Å². The number of rotatable bonds is 5. The molecule has 1 atom stereocenters. The van der Waals surface area contributed by atoms with Crippen LogP contribution in [0.2, 0.25) is 5.22 Å². The molecule has 1 N–H and O–H groups in total. The Labute approximate surface area is 112 Å². The molecule has 0 radical (unpaired) electrons. The predicted octanol–water partition coefficient (Wildman–Crippen LogP) is 3.53. The molecular formula is C14H17ClN2O. The van der Waals surface area contributed by atoms with Gasteiger partial charge in [0.25, 0.3) is 0 Å². The number of hydrogen-bond donors (Lipinski definition) is 1. The molecule has 0 amide bonds. The number of likely N-dealkylation sites (N-methyl/N-ethyl adjacent to an activating group) is 1. The maximum atomic E-state index is 5.82. The Bertz CT molecular complexity index is 493. The zero-order chi connectivity index (χ0) is 13.0. The van der Waals surface area contributed by atoms with E-state index in [1.165, 1.54) is 5.56 Å². The van der Waals surface area contributed by atoms with E-state index in [2.05, 4.69) is 23.3 Å². The first kappa shape index (κ1) is 13.1. The smallest absolute Gasteiger partial charge is 0.193 e. The van der Waals surface area contributed by atoms with Crippen LogP contribution in [-0.4, -0.2) is 11.5 Å². The van der Waals surface area contributed by atoms with E-state index in [1.54, 1.807) is 6.07 Å². The van der Waals surface area contributed by atoms with Crippen molar-refractivity contribution in [3.8, 4) is 0 Å². The van der Waals surface area contributed by atoms with Crippen molar-refractivity contribution in [3.05, 3.63) is 52.7 Å². The average molecular weight is 265 g/mol. The van der Waals surface area contributed by atoms with Gasteiger partial charge in [0.2, 0.25) is 0 Å². The van der Waals surface area contributed by atoms with Gasteiger partial charge < -0.3 is 9.73 Å². The summed E-state index contributed by atoms with van der Waals surface area (Å²) in [5, 5.41) is 3.80. The van der Waals surface area contributed by atoms with E-state index < -0.39 is 0 Å². The molecule has 0 bridgehead atoms. The van der Waals surface area contributed by atoms with E-state index in [0.29, 0.717) is 5.22 Å². The van der Waals surface area contributed by atoms with Gasteiger partial charge in [-0.1, -0.05) is 13.0 Å². The summed E-state index contributed by atoms with van der Waals surface area (Å²) in [7, 11) is 0. The molecule has 2 rings (SSSR count). The lowest BCUT2D eigenvalue weighted by molar-refractivity contribution is 0.415. The van der Waals surface area contributed by atoms with Crippen LogP contribution in [0.15, 0.2) is 34.9 Å². The lowest BCUT2D eigenvalue weighted by atomic mass is 10.1. The number of furan rings is 1. The maximum absolute atomic E-state index is 5.82. The van der Waals surface area contributed by atoms with Crippen molar-refractivity contribution in [2.45, 2.75) is 26.3 Å². The van der Waals surface area contributed by atoms with E-state index in [9.17, 15) is 0 Å². The van der Waals surface area contributed by atoms with E-state index in [0.717, 1.165) is 24.4 Å². The lowest BCUT2D eigenvalue weighted by Gasteiger charge is -2.15. The van der Waals surface area contributed by atoms with E-state index in [1.807, 2.05) is 25.3 Å². The highest BCUT2D eigenvalue weighted by atomic mass is 35.5. The highest BCUT2D eigenvalue weighted by Gasteiger charge is 2.15. The third-order valence-electron chi connectivity index (χ3n) is 2.77. The molecule has 0 saturated carbocycles. The SMILES string of the molecule is CCNC(Cc1ccc(C)cn1)c1ccc(Cl)o1. The van der Waals surface area contributed by atoms with Gasteiger partial charge in [-0.2, -0.15) is 0 Å². The molecule has 2 heterocycles. The molecule has 0 aliphatic rings. The molecule has 18 heavy (non-hydrogen) atoms. The average Bonchev–Trinajstić information content (AvgIpc) is 2.78. The van der Waals surface area contributed by atoms with Gasteiger partial charge in [-0.3, -0.25) is 4.98 Å². The fraction of sp³-hybridized carbons (Fsp3) is 0.357. The normalized spacial score (nSPS) is 12.6. The monoisotopic (exact) mass is 264 g/mol. The number of hydrogen-bond acceptors (Lipinski definition) is 3. The number of nitrogens with one attached hydrogen (secondary N) is 1. The third-order valence-corrected chi connectivity index (χ3v) is 2.98. The summed E-state index contributed by atoms with van der Waals surface area (Å²) in [5.74, 6) is 0.851. The molecule has 0 saturated heterocycles.